The van der Waals surface area contributed by atoms with Gasteiger partial charge in [-0.2, -0.15) is 13.2 Å². The van der Waals surface area contributed by atoms with Crippen LogP contribution in [0.25, 0.3) is 0 Å². The molecule has 1 atom stereocenters. The summed E-state index contributed by atoms with van der Waals surface area (Å²) in [6.45, 7) is 3.92. The number of piperidine rings is 1. The number of carboxylic acids is 1. The third-order valence-corrected chi connectivity index (χ3v) is 6.83. The first kappa shape index (κ1) is 28.8. The highest BCUT2D eigenvalue weighted by Crippen LogP contribution is 2.38. The van der Waals surface area contributed by atoms with E-state index in [1.807, 2.05) is 0 Å². The van der Waals surface area contributed by atoms with Crippen molar-refractivity contribution in [2.24, 2.45) is 5.41 Å². The fourth-order valence-electron chi connectivity index (χ4n) is 4.41. The van der Waals surface area contributed by atoms with Crippen LogP contribution in [0.4, 0.5) is 18.9 Å². The molecule has 1 saturated heterocycles. The number of hydrogen-bond acceptors (Lipinski definition) is 6. The number of ether oxygens (including phenoxy) is 2. The third-order valence-electron chi connectivity index (χ3n) is 6.83. The SMILES string of the molecule is CC(C)(CC(=O)N1CCC(Oc2ccc(NC(=O)C3(c4ccccc4)NC=C(C(F)(F)F)O3)cc2)CC1)C(=O)O. The van der Waals surface area contributed by atoms with Crippen molar-refractivity contribution in [3.63, 3.8) is 0 Å². The number of alkyl halides is 3. The van der Waals surface area contributed by atoms with Gasteiger partial charge in [-0.15, -0.1) is 0 Å². The average molecular weight is 562 g/mol. The molecule has 214 valence electrons. The van der Waals surface area contributed by atoms with Gasteiger partial charge in [-0.25, -0.2) is 0 Å². The molecular formula is C28H30F3N3O6. The van der Waals surface area contributed by atoms with Gasteiger partial charge in [0.25, 0.3) is 11.6 Å². The predicted molar refractivity (Wildman–Crippen MR) is 138 cm³/mol. The molecule has 0 aliphatic carbocycles. The van der Waals surface area contributed by atoms with Crippen molar-refractivity contribution in [2.45, 2.75) is 51.1 Å². The van der Waals surface area contributed by atoms with E-state index in [-0.39, 0.29) is 24.0 Å². The molecule has 0 aromatic heterocycles. The molecule has 4 rings (SSSR count). The second-order valence-corrected chi connectivity index (χ2v) is 10.3. The minimum absolute atomic E-state index is 0.0826. The van der Waals surface area contributed by atoms with E-state index in [0.29, 0.717) is 43.6 Å². The molecule has 0 bridgehead atoms. The van der Waals surface area contributed by atoms with Crippen molar-refractivity contribution in [3.05, 3.63) is 72.1 Å². The molecule has 1 fully saturated rings. The molecule has 40 heavy (non-hydrogen) atoms. The lowest BCUT2D eigenvalue weighted by Gasteiger charge is -2.33. The van der Waals surface area contributed by atoms with Crippen LogP contribution in [0.3, 0.4) is 0 Å². The van der Waals surface area contributed by atoms with Crippen molar-refractivity contribution >= 4 is 23.5 Å². The van der Waals surface area contributed by atoms with Crippen LogP contribution in [0.1, 0.15) is 38.7 Å². The van der Waals surface area contributed by atoms with E-state index < -0.39 is 35.0 Å². The van der Waals surface area contributed by atoms with Gasteiger partial charge in [0.2, 0.25) is 11.7 Å². The first-order valence-corrected chi connectivity index (χ1v) is 12.7. The van der Waals surface area contributed by atoms with Gasteiger partial charge < -0.3 is 30.1 Å². The van der Waals surface area contributed by atoms with Crippen molar-refractivity contribution < 1.29 is 42.1 Å². The maximum atomic E-state index is 13.3. The lowest BCUT2D eigenvalue weighted by Crippen LogP contribution is -2.49. The summed E-state index contributed by atoms with van der Waals surface area (Å²) < 4.78 is 51.0. The molecule has 2 aromatic rings. The van der Waals surface area contributed by atoms with Crippen LogP contribution in [-0.2, 0) is 24.8 Å². The molecule has 2 amide bonds. The van der Waals surface area contributed by atoms with Crippen molar-refractivity contribution in [1.82, 2.24) is 10.2 Å². The van der Waals surface area contributed by atoms with Crippen molar-refractivity contribution in [2.75, 3.05) is 18.4 Å². The van der Waals surface area contributed by atoms with Gasteiger partial charge in [-0.1, -0.05) is 30.3 Å². The summed E-state index contributed by atoms with van der Waals surface area (Å²) in [4.78, 5) is 38.7. The number of carbonyl (C=O) groups excluding carboxylic acids is 2. The van der Waals surface area contributed by atoms with Crippen LogP contribution in [0.2, 0.25) is 0 Å². The van der Waals surface area contributed by atoms with Gasteiger partial charge in [0.15, 0.2) is 0 Å². The third kappa shape index (κ3) is 6.32. The molecule has 0 saturated carbocycles. The fraction of sp³-hybridized carbons (Fsp3) is 0.393. The zero-order chi connectivity index (χ0) is 29.1. The van der Waals surface area contributed by atoms with Crippen LogP contribution in [0.15, 0.2) is 66.6 Å². The highest BCUT2D eigenvalue weighted by atomic mass is 19.4. The molecule has 0 radical (unpaired) electrons. The molecule has 2 aliphatic rings. The number of likely N-dealkylation sites (tertiary alicyclic amines) is 1. The van der Waals surface area contributed by atoms with E-state index in [1.54, 1.807) is 47.4 Å². The Labute approximate surface area is 228 Å². The van der Waals surface area contributed by atoms with Crippen molar-refractivity contribution in [3.8, 4) is 5.75 Å². The Kier molecular flexibility index (Phi) is 7.99. The number of anilines is 1. The number of rotatable bonds is 8. The van der Waals surface area contributed by atoms with Gasteiger partial charge in [-0.3, -0.25) is 14.4 Å². The number of halogens is 3. The van der Waals surface area contributed by atoms with E-state index in [4.69, 9.17) is 9.47 Å². The molecule has 9 nitrogen and oxygen atoms in total. The summed E-state index contributed by atoms with van der Waals surface area (Å²) in [6.07, 6.45) is -3.26. The minimum atomic E-state index is -4.78. The smallest absolute Gasteiger partial charge is 0.450 e. The number of benzene rings is 2. The first-order chi connectivity index (χ1) is 18.8. The summed E-state index contributed by atoms with van der Waals surface area (Å²) in [7, 11) is 0. The van der Waals surface area contributed by atoms with E-state index in [0.717, 1.165) is 0 Å². The lowest BCUT2D eigenvalue weighted by atomic mass is 9.88. The number of hydrogen-bond donors (Lipinski definition) is 3. The van der Waals surface area contributed by atoms with Gasteiger partial charge in [0, 0.05) is 49.8 Å². The van der Waals surface area contributed by atoms with E-state index in [9.17, 15) is 32.7 Å². The summed E-state index contributed by atoms with van der Waals surface area (Å²) in [5.74, 6) is -2.87. The van der Waals surface area contributed by atoms with E-state index in [1.165, 1.54) is 26.0 Å². The average Bonchev–Trinajstić information content (AvgIpc) is 3.38. The van der Waals surface area contributed by atoms with E-state index in [2.05, 4.69) is 10.6 Å². The first-order valence-electron chi connectivity index (χ1n) is 12.7. The zero-order valence-corrected chi connectivity index (χ0v) is 22.0. The molecule has 2 aliphatic heterocycles. The fourth-order valence-corrected chi connectivity index (χ4v) is 4.41. The van der Waals surface area contributed by atoms with Crippen LogP contribution >= 0.6 is 0 Å². The number of carboxylic acid groups (broad SMARTS) is 1. The second-order valence-electron chi connectivity index (χ2n) is 10.3. The monoisotopic (exact) mass is 561 g/mol. The summed E-state index contributed by atoms with van der Waals surface area (Å²) >= 11 is 0. The Morgan fingerprint density at radius 1 is 1.07 bits per heavy atom. The van der Waals surface area contributed by atoms with Crippen molar-refractivity contribution in [1.29, 1.82) is 0 Å². The van der Waals surface area contributed by atoms with Crippen LogP contribution in [0.5, 0.6) is 5.75 Å². The molecule has 12 heteroatoms. The minimum Gasteiger partial charge on any atom is -0.490 e. The maximum absolute atomic E-state index is 13.3. The maximum Gasteiger partial charge on any atom is 0.450 e. The normalized spacial score (nSPS) is 19.7. The van der Waals surface area contributed by atoms with E-state index >= 15 is 0 Å². The van der Waals surface area contributed by atoms with Gasteiger partial charge in [0.1, 0.15) is 11.9 Å². The van der Waals surface area contributed by atoms with Crippen LogP contribution < -0.4 is 15.4 Å². The van der Waals surface area contributed by atoms with Crippen LogP contribution in [0, 0.1) is 5.41 Å². The number of amides is 2. The van der Waals surface area contributed by atoms with Gasteiger partial charge in [-0.05, 0) is 38.1 Å². The second kappa shape index (κ2) is 11.1. The molecular weight excluding hydrogens is 531 g/mol. The number of carbonyl (C=O) groups is 3. The molecule has 2 aromatic carbocycles. The number of allylic oxidation sites excluding steroid dienone is 1. The Morgan fingerprint density at radius 2 is 1.70 bits per heavy atom. The Hall–Kier alpha value is -4.22. The Morgan fingerprint density at radius 3 is 2.25 bits per heavy atom. The summed E-state index contributed by atoms with van der Waals surface area (Å²) in [6, 6.07) is 14.2. The molecule has 2 heterocycles. The highest BCUT2D eigenvalue weighted by Gasteiger charge is 2.52. The molecule has 1 unspecified atom stereocenters. The lowest BCUT2D eigenvalue weighted by molar-refractivity contribution is -0.163. The van der Waals surface area contributed by atoms with Gasteiger partial charge >= 0.3 is 12.1 Å². The topological polar surface area (TPSA) is 117 Å². The summed E-state index contributed by atoms with van der Waals surface area (Å²) in [5, 5.41) is 14.3. The van der Waals surface area contributed by atoms with Gasteiger partial charge in [0.05, 0.1) is 5.41 Å². The molecule has 0 spiro atoms. The number of nitrogens with zero attached hydrogens (tertiary/aromatic N) is 1. The standard InChI is InChI=1S/C28H30F3N3O6/c1-26(2,25(37)38)16-23(35)34-14-12-21(13-15-34)39-20-10-8-19(9-11-20)33-24(36)27(18-6-4-3-5-7-18)32-17-22(40-27)28(29,30)31/h3-11,17,21,32H,12-16H2,1-2H3,(H,33,36)(H,37,38). The summed E-state index contributed by atoms with van der Waals surface area (Å²) in [5.41, 5.74) is -2.73. The Balaban J connectivity index is 1.34. The molecule has 3 N–H and O–H groups in total. The zero-order valence-electron chi connectivity index (χ0n) is 22.0. The van der Waals surface area contributed by atoms with Crippen LogP contribution in [-0.4, -0.2) is 53.2 Å². The quantitative estimate of drug-likeness (QED) is 0.438. The largest absolute Gasteiger partial charge is 0.490 e. The number of nitrogens with one attached hydrogen (secondary N) is 2. The number of aliphatic carboxylic acids is 1. The Bertz CT molecular complexity index is 1270. The highest BCUT2D eigenvalue weighted by molar-refractivity contribution is 5.98. The predicted octanol–water partition coefficient (Wildman–Crippen LogP) is 4.37.